The molecule has 2 heterocycles. The van der Waals surface area contributed by atoms with Crippen molar-refractivity contribution in [3.8, 4) is 17.2 Å². The minimum atomic E-state index is -0.524. The first-order valence-electron chi connectivity index (χ1n) is 8.26. The van der Waals surface area contributed by atoms with E-state index in [1.807, 2.05) is 0 Å². The average molecular weight is 368 g/mol. The number of rotatable bonds is 4. The Morgan fingerprint density at radius 3 is 2.41 bits per heavy atom. The highest BCUT2D eigenvalue weighted by Gasteiger charge is 2.20. The van der Waals surface area contributed by atoms with Crippen LogP contribution in [0, 0.1) is 13.8 Å². The van der Waals surface area contributed by atoms with Crippen molar-refractivity contribution < 1.29 is 19.0 Å². The summed E-state index contributed by atoms with van der Waals surface area (Å²) in [6.45, 7) is 3.46. The average Bonchev–Trinajstić information content (AvgIpc) is 2.67. The highest BCUT2D eigenvalue weighted by Crippen LogP contribution is 2.28. The maximum atomic E-state index is 13.2. The van der Waals surface area contributed by atoms with Gasteiger partial charge in [0.25, 0.3) is 5.56 Å². The van der Waals surface area contributed by atoms with Crippen LogP contribution in [0.1, 0.15) is 21.7 Å². The lowest BCUT2D eigenvalue weighted by Crippen LogP contribution is -2.21. The number of esters is 1. The van der Waals surface area contributed by atoms with E-state index in [-0.39, 0.29) is 5.56 Å². The lowest BCUT2D eigenvalue weighted by molar-refractivity contribution is 0.0601. The number of benzene rings is 1. The van der Waals surface area contributed by atoms with Gasteiger partial charge in [-0.15, -0.1) is 0 Å². The van der Waals surface area contributed by atoms with E-state index in [9.17, 15) is 9.59 Å². The first-order chi connectivity index (χ1) is 12.9. The Morgan fingerprint density at radius 1 is 1.04 bits per heavy atom. The number of hydrogen-bond acceptors (Lipinski definition) is 6. The van der Waals surface area contributed by atoms with Gasteiger partial charge >= 0.3 is 5.97 Å². The molecule has 0 aliphatic rings. The summed E-state index contributed by atoms with van der Waals surface area (Å²) >= 11 is 0. The van der Waals surface area contributed by atoms with Gasteiger partial charge in [-0.2, -0.15) is 0 Å². The van der Waals surface area contributed by atoms with Crippen LogP contribution in [0.2, 0.25) is 0 Å². The summed E-state index contributed by atoms with van der Waals surface area (Å²) < 4.78 is 16.9. The molecular weight excluding hydrogens is 348 g/mol. The molecule has 0 spiro atoms. The van der Waals surface area contributed by atoms with E-state index in [4.69, 9.17) is 14.2 Å². The van der Waals surface area contributed by atoms with Crippen LogP contribution in [0.3, 0.4) is 0 Å². The molecular formula is C20H20N2O5. The zero-order valence-corrected chi connectivity index (χ0v) is 15.8. The van der Waals surface area contributed by atoms with Crippen LogP contribution in [0.15, 0.2) is 35.3 Å². The fourth-order valence-electron chi connectivity index (χ4n) is 3.19. The van der Waals surface area contributed by atoms with Crippen molar-refractivity contribution in [2.75, 3.05) is 21.3 Å². The van der Waals surface area contributed by atoms with Crippen molar-refractivity contribution in [3.63, 3.8) is 0 Å². The van der Waals surface area contributed by atoms with Crippen molar-refractivity contribution >= 4 is 16.7 Å². The summed E-state index contributed by atoms with van der Waals surface area (Å²) in [6, 6.07) is 6.90. The van der Waals surface area contributed by atoms with Crippen LogP contribution in [-0.4, -0.2) is 36.8 Å². The highest BCUT2D eigenvalue weighted by atomic mass is 16.5. The lowest BCUT2D eigenvalue weighted by Gasteiger charge is -2.15. The van der Waals surface area contributed by atoms with Gasteiger partial charge < -0.3 is 14.2 Å². The summed E-state index contributed by atoms with van der Waals surface area (Å²) in [5.41, 5.74) is 1.62. The Morgan fingerprint density at radius 2 is 1.78 bits per heavy atom. The third-order valence-electron chi connectivity index (χ3n) is 4.46. The summed E-state index contributed by atoms with van der Waals surface area (Å²) in [5.74, 6) is 0.580. The van der Waals surface area contributed by atoms with E-state index in [0.29, 0.717) is 44.9 Å². The number of aromatic nitrogens is 2. The third-order valence-corrected chi connectivity index (χ3v) is 4.46. The maximum absolute atomic E-state index is 13.2. The fraction of sp³-hybridized carbons (Fsp3) is 0.250. The molecule has 0 amide bonds. The van der Waals surface area contributed by atoms with Crippen molar-refractivity contribution in [1.82, 2.24) is 9.55 Å². The van der Waals surface area contributed by atoms with Crippen molar-refractivity contribution in [1.29, 1.82) is 0 Å². The molecule has 0 saturated heterocycles. The first-order valence-corrected chi connectivity index (χ1v) is 8.26. The van der Waals surface area contributed by atoms with Gasteiger partial charge in [-0.25, -0.2) is 4.79 Å². The predicted octanol–water partition coefficient (Wildman–Crippen LogP) is 2.81. The minimum absolute atomic E-state index is 0.295. The Balaban J connectivity index is 2.35. The number of carbonyl (C=O) groups excluding carboxylic acids is 1. The summed E-state index contributed by atoms with van der Waals surface area (Å²) in [5, 5.41) is 0.877. The van der Waals surface area contributed by atoms with Gasteiger partial charge in [0.05, 0.1) is 49.4 Å². The maximum Gasteiger partial charge on any atom is 0.340 e. The summed E-state index contributed by atoms with van der Waals surface area (Å²) in [6.07, 6.45) is 1.61. The first kappa shape index (κ1) is 18.4. The van der Waals surface area contributed by atoms with Crippen LogP contribution < -0.4 is 15.0 Å². The number of aryl methyl sites for hydroxylation is 2. The van der Waals surface area contributed by atoms with Gasteiger partial charge in [0.1, 0.15) is 11.5 Å². The van der Waals surface area contributed by atoms with Gasteiger partial charge in [-0.05, 0) is 32.0 Å². The minimum Gasteiger partial charge on any atom is -0.497 e. The Bertz CT molecular complexity index is 1100. The van der Waals surface area contributed by atoms with Gasteiger partial charge in [0, 0.05) is 17.6 Å². The molecule has 0 radical (unpaired) electrons. The molecule has 0 aliphatic heterocycles. The largest absolute Gasteiger partial charge is 0.497 e. The molecule has 7 heteroatoms. The standard InChI is InChI=1S/C20H20N2O5/c1-11-17-14(18(12(2)21-11)20(24)27-5)8-9-22(19(17)23)15-7-6-13(25-3)10-16(15)26-4/h6-10H,1-5H3. The summed E-state index contributed by atoms with van der Waals surface area (Å²) in [7, 11) is 4.38. The molecule has 27 heavy (non-hydrogen) atoms. The second-order valence-electron chi connectivity index (χ2n) is 5.97. The zero-order chi connectivity index (χ0) is 19.7. The Labute approximate surface area is 156 Å². The molecule has 3 rings (SSSR count). The van der Waals surface area contributed by atoms with Crippen LogP contribution in [0.4, 0.5) is 0 Å². The smallest absolute Gasteiger partial charge is 0.340 e. The number of carbonyl (C=O) groups is 1. The molecule has 2 aromatic heterocycles. The van der Waals surface area contributed by atoms with Gasteiger partial charge in [0.15, 0.2) is 0 Å². The van der Waals surface area contributed by atoms with Crippen LogP contribution in [-0.2, 0) is 4.74 Å². The summed E-state index contributed by atoms with van der Waals surface area (Å²) in [4.78, 5) is 29.8. The highest BCUT2D eigenvalue weighted by molar-refractivity contribution is 6.05. The molecule has 7 nitrogen and oxygen atoms in total. The van der Waals surface area contributed by atoms with E-state index < -0.39 is 5.97 Å². The number of methoxy groups -OCH3 is 3. The molecule has 1 aromatic carbocycles. The number of pyridine rings is 2. The van der Waals surface area contributed by atoms with Crippen molar-refractivity contribution in [2.24, 2.45) is 0 Å². The van der Waals surface area contributed by atoms with Crippen molar-refractivity contribution in [2.45, 2.75) is 13.8 Å². The number of ether oxygens (including phenoxy) is 3. The molecule has 0 saturated carbocycles. The molecule has 0 unspecified atom stereocenters. The van der Waals surface area contributed by atoms with Crippen LogP contribution in [0.5, 0.6) is 11.5 Å². The van der Waals surface area contributed by atoms with Gasteiger partial charge in [0.2, 0.25) is 0 Å². The Kier molecular flexibility index (Phi) is 4.85. The molecule has 0 N–H and O–H groups in total. The van der Waals surface area contributed by atoms with E-state index in [0.717, 1.165) is 0 Å². The molecule has 0 atom stereocenters. The topological polar surface area (TPSA) is 79.7 Å². The van der Waals surface area contributed by atoms with E-state index in [2.05, 4.69) is 4.98 Å². The molecule has 3 aromatic rings. The van der Waals surface area contributed by atoms with E-state index in [1.165, 1.54) is 18.8 Å². The normalized spacial score (nSPS) is 10.7. The second kappa shape index (κ2) is 7.11. The predicted molar refractivity (Wildman–Crippen MR) is 101 cm³/mol. The van der Waals surface area contributed by atoms with Crippen molar-refractivity contribution in [3.05, 3.63) is 57.8 Å². The SMILES string of the molecule is COC(=O)c1c(C)nc(C)c2c(=O)n(-c3ccc(OC)cc3OC)ccc12. The number of nitrogens with zero attached hydrogens (tertiary/aromatic N) is 2. The van der Waals surface area contributed by atoms with Crippen LogP contribution >= 0.6 is 0 Å². The second-order valence-corrected chi connectivity index (χ2v) is 5.97. The zero-order valence-electron chi connectivity index (χ0n) is 15.8. The fourth-order valence-corrected chi connectivity index (χ4v) is 3.19. The molecule has 0 bridgehead atoms. The monoisotopic (exact) mass is 368 g/mol. The van der Waals surface area contributed by atoms with Gasteiger partial charge in [-0.1, -0.05) is 0 Å². The quantitative estimate of drug-likeness (QED) is 0.659. The molecule has 0 fully saturated rings. The van der Waals surface area contributed by atoms with Crippen LogP contribution in [0.25, 0.3) is 16.5 Å². The third kappa shape index (κ3) is 3.01. The Hall–Kier alpha value is -3.35. The number of hydrogen-bond donors (Lipinski definition) is 0. The lowest BCUT2D eigenvalue weighted by atomic mass is 10.0. The van der Waals surface area contributed by atoms with E-state index >= 15 is 0 Å². The molecule has 0 aliphatic carbocycles. The number of fused-ring (bicyclic) bond motifs is 1. The van der Waals surface area contributed by atoms with Gasteiger partial charge in [-0.3, -0.25) is 14.3 Å². The van der Waals surface area contributed by atoms with E-state index in [1.54, 1.807) is 51.4 Å². The molecule has 140 valence electrons.